The number of amides is 1. The van der Waals surface area contributed by atoms with E-state index in [2.05, 4.69) is 10.3 Å². The second kappa shape index (κ2) is 5.65. The zero-order valence-electron chi connectivity index (χ0n) is 9.96. The van der Waals surface area contributed by atoms with Crippen molar-refractivity contribution in [2.24, 2.45) is 0 Å². The highest BCUT2D eigenvalue weighted by atomic mass is 16.2. The number of nitriles is 1. The Kier molecular flexibility index (Phi) is 3.74. The first-order valence-corrected chi connectivity index (χ1v) is 5.65. The maximum absolute atomic E-state index is 11.9. The van der Waals surface area contributed by atoms with Crippen LogP contribution in [0.25, 0.3) is 0 Å². The molecule has 19 heavy (non-hydrogen) atoms. The second-order valence-corrected chi connectivity index (χ2v) is 3.87. The number of aromatic amines is 1. The molecule has 1 heterocycles. The molecule has 1 aromatic heterocycles. The number of nitrogens with one attached hydrogen (secondary N) is 2. The van der Waals surface area contributed by atoms with Gasteiger partial charge in [-0.25, -0.2) is 0 Å². The first kappa shape index (κ1) is 12.6. The number of pyridine rings is 1. The van der Waals surface area contributed by atoms with Crippen molar-refractivity contribution in [3.05, 3.63) is 70.1 Å². The molecule has 0 saturated carbocycles. The molecule has 0 aliphatic carbocycles. The summed E-state index contributed by atoms with van der Waals surface area (Å²) >= 11 is 0. The Bertz CT molecular complexity index is 671. The largest absolute Gasteiger partial charge is 0.367 e. The SMILES string of the molecule is N#CC(NC(=O)c1c[nH]ccc1=O)c1ccccc1. The summed E-state index contributed by atoms with van der Waals surface area (Å²) in [5, 5.41) is 11.6. The van der Waals surface area contributed by atoms with Crippen molar-refractivity contribution in [1.82, 2.24) is 10.3 Å². The van der Waals surface area contributed by atoms with Gasteiger partial charge < -0.3 is 10.3 Å². The van der Waals surface area contributed by atoms with E-state index in [4.69, 9.17) is 5.26 Å². The van der Waals surface area contributed by atoms with E-state index in [0.717, 1.165) is 0 Å². The Morgan fingerprint density at radius 1 is 1.26 bits per heavy atom. The van der Waals surface area contributed by atoms with Crippen LogP contribution in [0.5, 0.6) is 0 Å². The van der Waals surface area contributed by atoms with Crippen LogP contribution in [0.3, 0.4) is 0 Å². The van der Waals surface area contributed by atoms with E-state index in [0.29, 0.717) is 5.56 Å². The van der Waals surface area contributed by atoms with E-state index in [1.54, 1.807) is 24.3 Å². The van der Waals surface area contributed by atoms with Gasteiger partial charge >= 0.3 is 0 Å². The molecule has 0 radical (unpaired) electrons. The van der Waals surface area contributed by atoms with Crippen LogP contribution >= 0.6 is 0 Å². The van der Waals surface area contributed by atoms with Gasteiger partial charge in [0.25, 0.3) is 5.91 Å². The summed E-state index contributed by atoms with van der Waals surface area (Å²) in [5.41, 5.74) is 0.269. The third-order valence-electron chi connectivity index (χ3n) is 2.61. The topological polar surface area (TPSA) is 85.8 Å². The lowest BCUT2D eigenvalue weighted by Crippen LogP contribution is -2.31. The fourth-order valence-corrected chi connectivity index (χ4v) is 1.64. The average Bonchev–Trinajstić information content (AvgIpc) is 2.46. The molecule has 0 fully saturated rings. The lowest BCUT2D eigenvalue weighted by molar-refractivity contribution is 0.0943. The van der Waals surface area contributed by atoms with Crippen molar-refractivity contribution >= 4 is 5.91 Å². The number of nitrogens with zero attached hydrogens (tertiary/aromatic N) is 1. The van der Waals surface area contributed by atoms with Gasteiger partial charge in [0.2, 0.25) is 0 Å². The number of benzene rings is 1. The van der Waals surface area contributed by atoms with Crippen molar-refractivity contribution in [3.63, 3.8) is 0 Å². The van der Waals surface area contributed by atoms with Crippen molar-refractivity contribution in [2.45, 2.75) is 6.04 Å². The maximum atomic E-state index is 11.9. The quantitative estimate of drug-likeness (QED) is 0.866. The highest BCUT2D eigenvalue weighted by Gasteiger charge is 2.16. The number of carbonyl (C=O) groups excluding carboxylic acids is 1. The molecule has 0 saturated heterocycles. The van der Waals surface area contributed by atoms with Crippen LogP contribution in [0, 0.1) is 11.3 Å². The van der Waals surface area contributed by atoms with Crippen LogP contribution in [0.15, 0.2) is 53.6 Å². The summed E-state index contributed by atoms with van der Waals surface area (Å²) in [7, 11) is 0. The number of H-pyrrole nitrogens is 1. The smallest absolute Gasteiger partial charge is 0.258 e. The summed E-state index contributed by atoms with van der Waals surface area (Å²) in [6, 6.07) is 11.3. The van der Waals surface area contributed by atoms with Crippen LogP contribution in [0.2, 0.25) is 0 Å². The van der Waals surface area contributed by atoms with Crippen LogP contribution in [-0.4, -0.2) is 10.9 Å². The maximum Gasteiger partial charge on any atom is 0.258 e. The number of hydrogen-bond acceptors (Lipinski definition) is 3. The normalized spacial score (nSPS) is 11.3. The minimum Gasteiger partial charge on any atom is -0.367 e. The fourth-order valence-electron chi connectivity index (χ4n) is 1.64. The summed E-state index contributed by atoms with van der Waals surface area (Å²) in [6.07, 6.45) is 2.76. The van der Waals surface area contributed by atoms with Crippen LogP contribution in [0.1, 0.15) is 22.0 Å². The van der Waals surface area contributed by atoms with Crippen molar-refractivity contribution < 1.29 is 4.79 Å². The standard InChI is InChI=1S/C14H11N3O2/c15-8-12(10-4-2-1-3-5-10)17-14(19)11-9-16-7-6-13(11)18/h1-7,9,12H,(H,16,18)(H,17,19). The van der Waals surface area contributed by atoms with E-state index in [1.165, 1.54) is 18.5 Å². The zero-order chi connectivity index (χ0) is 13.7. The molecule has 1 unspecified atom stereocenters. The molecule has 5 heteroatoms. The number of hydrogen-bond donors (Lipinski definition) is 2. The second-order valence-electron chi connectivity index (χ2n) is 3.87. The minimum absolute atomic E-state index is 0.0151. The molecule has 1 aromatic carbocycles. The molecule has 0 spiro atoms. The van der Waals surface area contributed by atoms with Gasteiger partial charge in [-0.1, -0.05) is 30.3 Å². The third kappa shape index (κ3) is 2.87. The Balaban J connectivity index is 2.21. The summed E-state index contributed by atoms with van der Waals surface area (Å²) in [4.78, 5) is 26.1. The first-order valence-electron chi connectivity index (χ1n) is 5.65. The predicted octanol–water partition coefficient (Wildman–Crippen LogP) is 1.37. The highest BCUT2D eigenvalue weighted by molar-refractivity contribution is 5.94. The van der Waals surface area contributed by atoms with E-state index < -0.39 is 11.9 Å². The summed E-state index contributed by atoms with van der Waals surface area (Å²) < 4.78 is 0. The third-order valence-corrected chi connectivity index (χ3v) is 2.61. The van der Waals surface area contributed by atoms with Gasteiger partial charge in [-0.2, -0.15) is 5.26 Å². The number of carbonyl (C=O) groups is 1. The van der Waals surface area contributed by atoms with Gasteiger partial charge in [0.15, 0.2) is 5.43 Å². The van der Waals surface area contributed by atoms with E-state index in [9.17, 15) is 9.59 Å². The van der Waals surface area contributed by atoms with Gasteiger partial charge in [0, 0.05) is 18.5 Å². The summed E-state index contributed by atoms with van der Waals surface area (Å²) in [5.74, 6) is -0.572. The Labute approximate surface area is 109 Å². The number of aromatic nitrogens is 1. The Hall–Kier alpha value is -2.87. The molecule has 2 N–H and O–H groups in total. The molecule has 2 rings (SSSR count). The predicted molar refractivity (Wildman–Crippen MR) is 69.3 cm³/mol. The molecule has 1 amide bonds. The molecular weight excluding hydrogens is 242 g/mol. The zero-order valence-corrected chi connectivity index (χ0v) is 9.96. The van der Waals surface area contributed by atoms with Crippen molar-refractivity contribution in [2.75, 3.05) is 0 Å². The van der Waals surface area contributed by atoms with Gasteiger partial charge in [0.05, 0.1) is 6.07 Å². The van der Waals surface area contributed by atoms with Gasteiger partial charge in [-0.15, -0.1) is 0 Å². The molecule has 1 atom stereocenters. The van der Waals surface area contributed by atoms with Gasteiger partial charge in [0.1, 0.15) is 11.6 Å². The van der Waals surface area contributed by atoms with Gasteiger partial charge in [-0.3, -0.25) is 9.59 Å². The van der Waals surface area contributed by atoms with Gasteiger partial charge in [-0.05, 0) is 5.56 Å². The monoisotopic (exact) mass is 253 g/mol. The molecule has 0 aliphatic heterocycles. The average molecular weight is 253 g/mol. The molecular formula is C14H11N3O2. The van der Waals surface area contributed by atoms with Crippen LogP contribution in [-0.2, 0) is 0 Å². The van der Waals surface area contributed by atoms with Crippen molar-refractivity contribution in [3.8, 4) is 6.07 Å². The Morgan fingerprint density at radius 3 is 2.63 bits per heavy atom. The van der Waals surface area contributed by atoms with Crippen molar-refractivity contribution in [1.29, 1.82) is 5.26 Å². The lowest BCUT2D eigenvalue weighted by Gasteiger charge is -2.11. The fraction of sp³-hybridized carbons (Fsp3) is 0.0714. The molecule has 0 bridgehead atoms. The molecule has 2 aromatic rings. The van der Waals surface area contributed by atoms with E-state index in [1.807, 2.05) is 12.1 Å². The van der Waals surface area contributed by atoms with Crippen LogP contribution in [0.4, 0.5) is 0 Å². The van der Waals surface area contributed by atoms with Crippen LogP contribution < -0.4 is 10.7 Å². The highest BCUT2D eigenvalue weighted by Crippen LogP contribution is 2.11. The molecule has 94 valence electrons. The molecule has 5 nitrogen and oxygen atoms in total. The van der Waals surface area contributed by atoms with E-state index in [-0.39, 0.29) is 11.0 Å². The molecule has 0 aliphatic rings. The van der Waals surface area contributed by atoms with E-state index >= 15 is 0 Å². The first-order chi connectivity index (χ1) is 9.22. The Morgan fingerprint density at radius 2 is 2.00 bits per heavy atom. The lowest BCUT2D eigenvalue weighted by atomic mass is 10.1. The minimum atomic E-state index is -0.784. The number of rotatable bonds is 3. The summed E-state index contributed by atoms with van der Waals surface area (Å²) in [6.45, 7) is 0.